The van der Waals surface area contributed by atoms with Gasteiger partial charge in [-0.1, -0.05) is 13.8 Å². The highest BCUT2D eigenvalue weighted by Gasteiger charge is 2.07. The fourth-order valence-corrected chi connectivity index (χ4v) is 2.02. The number of halogens is 1. The molecule has 0 saturated heterocycles. The molecule has 0 amide bonds. The molecule has 0 radical (unpaired) electrons. The van der Waals surface area contributed by atoms with Crippen LogP contribution in [0.25, 0.3) is 10.9 Å². The lowest BCUT2D eigenvalue weighted by molar-refractivity contribution is 0.620. The Kier molecular flexibility index (Phi) is 3.80. The average Bonchev–Trinajstić information content (AvgIpc) is 2.37. The van der Waals surface area contributed by atoms with Gasteiger partial charge in [-0.3, -0.25) is 0 Å². The van der Waals surface area contributed by atoms with E-state index in [1.807, 2.05) is 6.07 Å². The highest BCUT2D eigenvalue weighted by molar-refractivity contribution is 5.82. The van der Waals surface area contributed by atoms with E-state index in [0.29, 0.717) is 11.1 Å². The highest BCUT2D eigenvalue weighted by Crippen LogP contribution is 2.23. The zero-order chi connectivity index (χ0) is 13.1. The number of benzene rings is 1. The summed E-state index contributed by atoms with van der Waals surface area (Å²) >= 11 is 0. The number of nitrogens with one attached hydrogen (secondary N) is 1. The molecule has 0 spiro atoms. The molecule has 0 fully saturated rings. The SMILES string of the molecule is CCCNc1nc2cc(F)c(C)cc2cc1CC. The van der Waals surface area contributed by atoms with Crippen molar-refractivity contribution in [1.29, 1.82) is 0 Å². The molecule has 18 heavy (non-hydrogen) atoms. The summed E-state index contributed by atoms with van der Waals surface area (Å²) in [6.45, 7) is 6.89. The Labute approximate surface area is 107 Å². The van der Waals surface area contributed by atoms with E-state index in [-0.39, 0.29) is 5.82 Å². The fourth-order valence-electron chi connectivity index (χ4n) is 2.02. The summed E-state index contributed by atoms with van der Waals surface area (Å²) in [6, 6.07) is 5.48. The number of fused-ring (bicyclic) bond motifs is 1. The molecule has 1 aromatic carbocycles. The quantitative estimate of drug-likeness (QED) is 0.879. The van der Waals surface area contributed by atoms with Crippen molar-refractivity contribution >= 4 is 16.7 Å². The smallest absolute Gasteiger partial charge is 0.129 e. The van der Waals surface area contributed by atoms with Gasteiger partial charge in [-0.15, -0.1) is 0 Å². The van der Waals surface area contributed by atoms with Gasteiger partial charge in [0.05, 0.1) is 5.52 Å². The molecule has 1 heterocycles. The van der Waals surface area contributed by atoms with E-state index in [1.165, 1.54) is 11.6 Å². The molecule has 0 atom stereocenters. The molecular weight excluding hydrogens is 227 g/mol. The zero-order valence-electron chi connectivity index (χ0n) is 11.2. The number of hydrogen-bond donors (Lipinski definition) is 1. The molecule has 0 unspecified atom stereocenters. The van der Waals surface area contributed by atoms with Crippen molar-refractivity contribution in [2.24, 2.45) is 0 Å². The molecule has 0 aliphatic rings. The van der Waals surface area contributed by atoms with E-state index in [2.05, 4.69) is 30.2 Å². The molecule has 3 heteroatoms. The van der Waals surface area contributed by atoms with Crippen molar-refractivity contribution in [3.05, 3.63) is 35.1 Å². The van der Waals surface area contributed by atoms with Crippen LogP contribution in [0.1, 0.15) is 31.4 Å². The summed E-state index contributed by atoms with van der Waals surface area (Å²) in [6.07, 6.45) is 1.97. The van der Waals surface area contributed by atoms with Gasteiger partial charge in [0, 0.05) is 18.0 Å². The van der Waals surface area contributed by atoms with Crippen LogP contribution in [0.4, 0.5) is 10.2 Å². The van der Waals surface area contributed by atoms with Crippen molar-refractivity contribution in [1.82, 2.24) is 4.98 Å². The first-order valence-corrected chi connectivity index (χ1v) is 6.49. The second-order valence-electron chi connectivity index (χ2n) is 4.57. The van der Waals surface area contributed by atoms with Crippen LogP contribution < -0.4 is 5.32 Å². The van der Waals surface area contributed by atoms with Gasteiger partial charge in [0.25, 0.3) is 0 Å². The Morgan fingerprint density at radius 1 is 1.22 bits per heavy atom. The molecule has 0 saturated carbocycles. The Hall–Kier alpha value is -1.64. The maximum Gasteiger partial charge on any atom is 0.129 e. The third-order valence-corrected chi connectivity index (χ3v) is 3.10. The minimum atomic E-state index is -0.194. The Morgan fingerprint density at radius 3 is 2.67 bits per heavy atom. The lowest BCUT2D eigenvalue weighted by Crippen LogP contribution is -2.05. The van der Waals surface area contributed by atoms with Crippen LogP contribution in [-0.4, -0.2) is 11.5 Å². The molecule has 96 valence electrons. The van der Waals surface area contributed by atoms with Crippen LogP contribution >= 0.6 is 0 Å². The summed E-state index contributed by atoms with van der Waals surface area (Å²) in [5.41, 5.74) is 2.57. The molecule has 1 aromatic heterocycles. The molecule has 0 aliphatic heterocycles. The summed E-state index contributed by atoms with van der Waals surface area (Å²) in [5.74, 6) is 0.691. The van der Waals surface area contributed by atoms with Gasteiger partial charge in [0.1, 0.15) is 11.6 Å². The topological polar surface area (TPSA) is 24.9 Å². The minimum Gasteiger partial charge on any atom is -0.370 e. The van der Waals surface area contributed by atoms with Gasteiger partial charge in [-0.25, -0.2) is 9.37 Å². The highest BCUT2D eigenvalue weighted by atomic mass is 19.1. The van der Waals surface area contributed by atoms with Crippen LogP contribution in [0.2, 0.25) is 0 Å². The maximum atomic E-state index is 13.6. The van der Waals surface area contributed by atoms with Gasteiger partial charge < -0.3 is 5.32 Å². The van der Waals surface area contributed by atoms with Crippen molar-refractivity contribution < 1.29 is 4.39 Å². The molecular formula is C15H19FN2. The van der Waals surface area contributed by atoms with E-state index >= 15 is 0 Å². The zero-order valence-corrected chi connectivity index (χ0v) is 11.2. The Balaban J connectivity index is 2.54. The molecule has 1 N–H and O–H groups in total. The Bertz CT molecular complexity index is 564. The molecule has 2 nitrogen and oxygen atoms in total. The van der Waals surface area contributed by atoms with Crippen molar-refractivity contribution in [2.75, 3.05) is 11.9 Å². The average molecular weight is 246 g/mol. The summed E-state index contributed by atoms with van der Waals surface area (Å²) in [7, 11) is 0. The van der Waals surface area contributed by atoms with Crippen LogP contribution in [-0.2, 0) is 6.42 Å². The first kappa shape index (κ1) is 12.8. The number of anilines is 1. The van der Waals surface area contributed by atoms with Crippen molar-refractivity contribution in [3.63, 3.8) is 0 Å². The van der Waals surface area contributed by atoms with Crippen molar-refractivity contribution in [3.8, 4) is 0 Å². The predicted molar refractivity (Wildman–Crippen MR) is 74.6 cm³/mol. The summed E-state index contributed by atoms with van der Waals surface area (Å²) < 4.78 is 13.6. The van der Waals surface area contributed by atoms with Crippen LogP contribution in [0.3, 0.4) is 0 Å². The lowest BCUT2D eigenvalue weighted by Gasteiger charge is -2.11. The first-order chi connectivity index (χ1) is 8.65. The van der Waals surface area contributed by atoms with E-state index in [0.717, 1.165) is 30.6 Å². The van der Waals surface area contributed by atoms with Crippen LogP contribution in [0, 0.1) is 12.7 Å². The normalized spacial score (nSPS) is 10.9. The van der Waals surface area contributed by atoms with Gasteiger partial charge in [0.15, 0.2) is 0 Å². The van der Waals surface area contributed by atoms with Gasteiger partial charge in [-0.2, -0.15) is 0 Å². The number of aromatic nitrogens is 1. The minimum absolute atomic E-state index is 0.194. The number of hydrogen-bond acceptors (Lipinski definition) is 2. The number of rotatable bonds is 4. The number of nitrogens with zero attached hydrogens (tertiary/aromatic N) is 1. The molecule has 0 aliphatic carbocycles. The molecule has 2 rings (SSSR count). The van der Waals surface area contributed by atoms with Crippen molar-refractivity contribution in [2.45, 2.75) is 33.6 Å². The van der Waals surface area contributed by atoms with Crippen LogP contribution in [0.15, 0.2) is 18.2 Å². The molecule has 0 bridgehead atoms. The van der Waals surface area contributed by atoms with E-state index in [1.54, 1.807) is 6.92 Å². The van der Waals surface area contributed by atoms with E-state index in [4.69, 9.17) is 0 Å². The van der Waals surface area contributed by atoms with Gasteiger partial charge >= 0.3 is 0 Å². The fraction of sp³-hybridized carbons (Fsp3) is 0.400. The second-order valence-corrected chi connectivity index (χ2v) is 4.57. The van der Waals surface area contributed by atoms with Gasteiger partial charge in [-0.05, 0) is 43.0 Å². The standard InChI is InChI=1S/C15H19FN2/c1-4-6-17-15-11(5-2)8-12-7-10(3)13(16)9-14(12)18-15/h7-9H,4-6H2,1-3H3,(H,17,18). The number of aryl methyl sites for hydroxylation is 2. The first-order valence-electron chi connectivity index (χ1n) is 6.49. The summed E-state index contributed by atoms with van der Waals surface area (Å²) in [4.78, 5) is 4.53. The Morgan fingerprint density at radius 2 is 2.00 bits per heavy atom. The lowest BCUT2D eigenvalue weighted by atomic mass is 10.1. The van der Waals surface area contributed by atoms with Crippen LogP contribution in [0.5, 0.6) is 0 Å². The second kappa shape index (κ2) is 5.34. The van der Waals surface area contributed by atoms with E-state index in [9.17, 15) is 4.39 Å². The third-order valence-electron chi connectivity index (χ3n) is 3.10. The van der Waals surface area contributed by atoms with Gasteiger partial charge in [0.2, 0.25) is 0 Å². The van der Waals surface area contributed by atoms with E-state index < -0.39 is 0 Å². The number of pyridine rings is 1. The predicted octanol–water partition coefficient (Wildman–Crippen LogP) is 4.07. The maximum absolute atomic E-state index is 13.6. The third kappa shape index (κ3) is 2.45. The monoisotopic (exact) mass is 246 g/mol. The molecule has 2 aromatic rings. The summed E-state index contributed by atoms with van der Waals surface area (Å²) in [5, 5.41) is 4.31. The largest absolute Gasteiger partial charge is 0.370 e.